The maximum absolute atomic E-state index is 10.3. The third kappa shape index (κ3) is 4.31. The van der Waals surface area contributed by atoms with Gasteiger partial charge in [-0.25, -0.2) is 0 Å². The van der Waals surface area contributed by atoms with Crippen molar-refractivity contribution in [2.24, 2.45) is 0 Å². The van der Waals surface area contributed by atoms with Crippen LogP contribution in [0.4, 0.5) is 0 Å². The van der Waals surface area contributed by atoms with E-state index in [2.05, 4.69) is 0 Å². The normalized spacial score (nSPS) is 17.8. The SMILES string of the molecule is CCC=O.OC1(c2ccccc2)CCCCC1. The van der Waals surface area contributed by atoms with Crippen molar-refractivity contribution >= 4 is 6.29 Å². The molecule has 1 aliphatic carbocycles. The van der Waals surface area contributed by atoms with Gasteiger partial charge in [-0.3, -0.25) is 0 Å². The van der Waals surface area contributed by atoms with E-state index in [1.54, 1.807) is 0 Å². The van der Waals surface area contributed by atoms with Gasteiger partial charge >= 0.3 is 0 Å². The summed E-state index contributed by atoms with van der Waals surface area (Å²) < 4.78 is 0. The molecule has 0 heterocycles. The molecular formula is C15H22O2. The monoisotopic (exact) mass is 234 g/mol. The van der Waals surface area contributed by atoms with Crippen LogP contribution in [0.3, 0.4) is 0 Å². The molecule has 0 aromatic heterocycles. The van der Waals surface area contributed by atoms with Gasteiger partial charge in [0.1, 0.15) is 6.29 Å². The molecule has 0 radical (unpaired) electrons. The van der Waals surface area contributed by atoms with Crippen molar-refractivity contribution in [1.29, 1.82) is 0 Å². The Morgan fingerprint density at radius 3 is 2.18 bits per heavy atom. The molecular weight excluding hydrogens is 212 g/mol. The van der Waals surface area contributed by atoms with Gasteiger partial charge in [0.15, 0.2) is 0 Å². The summed E-state index contributed by atoms with van der Waals surface area (Å²) in [5.74, 6) is 0. The molecule has 2 heteroatoms. The molecule has 0 saturated heterocycles. The second-order valence-electron chi connectivity index (χ2n) is 4.53. The van der Waals surface area contributed by atoms with Crippen molar-refractivity contribution in [1.82, 2.24) is 0 Å². The van der Waals surface area contributed by atoms with Crippen molar-refractivity contribution in [3.63, 3.8) is 0 Å². The number of benzene rings is 1. The lowest BCUT2D eigenvalue weighted by Crippen LogP contribution is -2.28. The molecule has 1 fully saturated rings. The number of carbonyl (C=O) groups is 1. The van der Waals surface area contributed by atoms with Crippen LogP contribution in [0.15, 0.2) is 30.3 Å². The molecule has 0 spiro atoms. The number of hydrogen-bond acceptors (Lipinski definition) is 2. The molecule has 0 atom stereocenters. The molecule has 17 heavy (non-hydrogen) atoms. The number of carbonyl (C=O) groups excluding carboxylic acids is 1. The predicted molar refractivity (Wildman–Crippen MR) is 69.8 cm³/mol. The zero-order chi connectivity index (χ0) is 12.6. The zero-order valence-electron chi connectivity index (χ0n) is 10.6. The topological polar surface area (TPSA) is 37.3 Å². The smallest absolute Gasteiger partial charge is 0.119 e. The van der Waals surface area contributed by atoms with Crippen LogP contribution in [-0.4, -0.2) is 11.4 Å². The summed E-state index contributed by atoms with van der Waals surface area (Å²) in [6, 6.07) is 10.1. The number of aliphatic hydroxyl groups is 1. The molecule has 1 saturated carbocycles. The highest BCUT2D eigenvalue weighted by Crippen LogP contribution is 2.36. The van der Waals surface area contributed by atoms with Crippen LogP contribution in [0.2, 0.25) is 0 Å². The van der Waals surface area contributed by atoms with Crippen LogP contribution in [0.25, 0.3) is 0 Å². The summed E-state index contributed by atoms with van der Waals surface area (Å²) in [6.07, 6.45) is 6.96. The van der Waals surface area contributed by atoms with Crippen LogP contribution in [0.5, 0.6) is 0 Å². The molecule has 0 unspecified atom stereocenters. The van der Waals surface area contributed by atoms with Crippen molar-refractivity contribution in [3.05, 3.63) is 35.9 Å². The third-order valence-corrected chi connectivity index (χ3v) is 3.16. The van der Waals surface area contributed by atoms with Crippen molar-refractivity contribution in [2.75, 3.05) is 0 Å². The van der Waals surface area contributed by atoms with Gasteiger partial charge in [-0.2, -0.15) is 0 Å². The highest BCUT2D eigenvalue weighted by Gasteiger charge is 2.30. The van der Waals surface area contributed by atoms with Gasteiger partial charge < -0.3 is 9.90 Å². The Balaban J connectivity index is 0.000000317. The Morgan fingerprint density at radius 1 is 1.18 bits per heavy atom. The summed E-state index contributed by atoms with van der Waals surface area (Å²) in [4.78, 5) is 9.17. The molecule has 2 nitrogen and oxygen atoms in total. The summed E-state index contributed by atoms with van der Waals surface area (Å²) in [5, 5.41) is 10.3. The number of rotatable bonds is 2. The van der Waals surface area contributed by atoms with Crippen LogP contribution in [0.1, 0.15) is 51.0 Å². The van der Waals surface area contributed by atoms with Crippen LogP contribution >= 0.6 is 0 Å². The molecule has 1 N–H and O–H groups in total. The fourth-order valence-electron chi connectivity index (χ4n) is 2.17. The molecule has 1 aromatic rings. The Morgan fingerprint density at radius 2 is 1.71 bits per heavy atom. The molecule has 1 aromatic carbocycles. The van der Waals surface area contributed by atoms with Gasteiger partial charge in [0.25, 0.3) is 0 Å². The first kappa shape index (κ1) is 13.9. The van der Waals surface area contributed by atoms with Crippen molar-refractivity contribution in [3.8, 4) is 0 Å². The van der Waals surface area contributed by atoms with E-state index < -0.39 is 5.60 Å². The van der Waals surface area contributed by atoms with Crippen molar-refractivity contribution < 1.29 is 9.90 Å². The van der Waals surface area contributed by atoms with E-state index in [1.165, 1.54) is 6.42 Å². The first-order chi connectivity index (χ1) is 8.23. The first-order valence-electron chi connectivity index (χ1n) is 6.44. The Hall–Kier alpha value is -1.15. The highest BCUT2D eigenvalue weighted by atomic mass is 16.3. The van der Waals surface area contributed by atoms with E-state index in [-0.39, 0.29) is 0 Å². The zero-order valence-corrected chi connectivity index (χ0v) is 10.6. The van der Waals surface area contributed by atoms with E-state index in [4.69, 9.17) is 0 Å². The minimum absolute atomic E-state index is 0.528. The number of hydrogen-bond donors (Lipinski definition) is 1. The second-order valence-corrected chi connectivity index (χ2v) is 4.53. The van der Waals surface area contributed by atoms with E-state index in [0.29, 0.717) is 6.42 Å². The minimum Gasteiger partial charge on any atom is -0.385 e. The number of aldehydes is 1. The van der Waals surface area contributed by atoms with Crippen LogP contribution in [0, 0.1) is 0 Å². The molecule has 1 aliphatic rings. The quantitative estimate of drug-likeness (QED) is 0.796. The maximum atomic E-state index is 10.3. The van der Waals surface area contributed by atoms with Gasteiger partial charge in [0.05, 0.1) is 5.60 Å². The lowest BCUT2D eigenvalue weighted by molar-refractivity contribution is -0.107. The van der Waals surface area contributed by atoms with Gasteiger partial charge in [-0.05, 0) is 18.4 Å². The lowest BCUT2D eigenvalue weighted by Gasteiger charge is -2.32. The average molecular weight is 234 g/mol. The average Bonchev–Trinajstić information content (AvgIpc) is 2.41. The summed E-state index contributed by atoms with van der Waals surface area (Å²) in [7, 11) is 0. The van der Waals surface area contributed by atoms with Crippen LogP contribution < -0.4 is 0 Å². The third-order valence-electron chi connectivity index (χ3n) is 3.16. The Kier molecular flexibility index (Phi) is 5.92. The summed E-state index contributed by atoms with van der Waals surface area (Å²) in [5.41, 5.74) is 0.564. The fraction of sp³-hybridized carbons (Fsp3) is 0.533. The lowest BCUT2D eigenvalue weighted by atomic mass is 9.80. The van der Waals surface area contributed by atoms with Gasteiger partial charge in [-0.15, -0.1) is 0 Å². The van der Waals surface area contributed by atoms with Crippen molar-refractivity contribution in [2.45, 2.75) is 51.0 Å². The Bertz CT molecular complexity index is 313. The molecule has 2 rings (SSSR count). The summed E-state index contributed by atoms with van der Waals surface area (Å²) >= 11 is 0. The standard InChI is InChI=1S/C12H16O.C3H6O/c13-12(9-5-2-6-10-12)11-7-3-1-4-8-11;1-2-3-4/h1,3-4,7-8,13H,2,5-6,9-10H2;3H,2H2,1H3. The summed E-state index contributed by atoms with van der Waals surface area (Å²) in [6.45, 7) is 1.81. The maximum Gasteiger partial charge on any atom is 0.119 e. The predicted octanol–water partition coefficient (Wildman–Crippen LogP) is 3.43. The van der Waals surface area contributed by atoms with Gasteiger partial charge in [0.2, 0.25) is 0 Å². The minimum atomic E-state index is -0.528. The fourth-order valence-corrected chi connectivity index (χ4v) is 2.17. The van der Waals surface area contributed by atoms with E-state index >= 15 is 0 Å². The second kappa shape index (κ2) is 7.23. The van der Waals surface area contributed by atoms with Crippen LogP contribution in [-0.2, 0) is 10.4 Å². The molecule has 0 amide bonds. The first-order valence-corrected chi connectivity index (χ1v) is 6.44. The van der Waals surface area contributed by atoms with Gasteiger partial charge in [0, 0.05) is 6.42 Å². The molecule has 94 valence electrons. The van der Waals surface area contributed by atoms with E-state index in [0.717, 1.165) is 37.5 Å². The largest absolute Gasteiger partial charge is 0.385 e. The highest BCUT2D eigenvalue weighted by molar-refractivity contribution is 5.48. The molecule has 0 bridgehead atoms. The van der Waals surface area contributed by atoms with E-state index in [9.17, 15) is 9.90 Å². The molecule has 0 aliphatic heterocycles. The van der Waals surface area contributed by atoms with E-state index in [1.807, 2.05) is 37.3 Å². The Labute approximate surface area is 104 Å². The van der Waals surface area contributed by atoms with Gasteiger partial charge in [-0.1, -0.05) is 56.5 Å².